The first-order valence-electron chi connectivity index (χ1n) is 8.14. The van der Waals surface area contributed by atoms with Gasteiger partial charge in [0, 0.05) is 7.05 Å². The van der Waals surface area contributed by atoms with Crippen molar-refractivity contribution >= 4 is 56.2 Å². The average Bonchev–Trinajstić information content (AvgIpc) is 2.93. The normalized spacial score (nSPS) is 15.1. The SMILES string of the molecule is COc1cc(/C=C2\SC(=S)N(C)C2=O)cc(Br)c1OCc1ccc(C#N)cc1. The molecule has 1 fully saturated rings. The molecular weight excluding hydrogens is 460 g/mol. The maximum Gasteiger partial charge on any atom is 0.265 e. The molecule has 1 aliphatic heterocycles. The summed E-state index contributed by atoms with van der Waals surface area (Å²) in [4.78, 5) is 14.2. The molecule has 0 saturated carbocycles. The fraction of sp³-hybridized carbons (Fsp3) is 0.150. The van der Waals surface area contributed by atoms with E-state index >= 15 is 0 Å². The second kappa shape index (κ2) is 8.78. The molecule has 2 aromatic rings. The largest absolute Gasteiger partial charge is 0.493 e. The molecule has 28 heavy (non-hydrogen) atoms. The Morgan fingerprint density at radius 3 is 2.61 bits per heavy atom. The standard InChI is InChI=1S/C20H15BrN2O3S2/c1-23-19(24)17(28-20(23)27)9-14-7-15(21)18(16(8-14)25-2)26-11-13-5-3-12(10-22)4-6-13/h3-9H,11H2,1-2H3/b17-9-. The number of hydrogen-bond acceptors (Lipinski definition) is 6. The highest BCUT2D eigenvalue weighted by Gasteiger charge is 2.28. The molecule has 0 spiro atoms. The van der Waals surface area contributed by atoms with Gasteiger partial charge in [-0.3, -0.25) is 9.69 Å². The molecule has 2 aromatic carbocycles. The molecule has 0 bridgehead atoms. The second-order valence-electron chi connectivity index (χ2n) is 5.87. The van der Waals surface area contributed by atoms with Crippen molar-refractivity contribution in [3.63, 3.8) is 0 Å². The van der Waals surface area contributed by atoms with E-state index in [9.17, 15) is 4.79 Å². The van der Waals surface area contributed by atoms with Crippen molar-refractivity contribution in [2.24, 2.45) is 0 Å². The summed E-state index contributed by atoms with van der Waals surface area (Å²) in [6.07, 6.45) is 1.78. The maximum absolute atomic E-state index is 12.2. The first-order valence-corrected chi connectivity index (χ1v) is 10.2. The van der Waals surface area contributed by atoms with Crippen LogP contribution in [0.15, 0.2) is 45.8 Å². The number of amides is 1. The molecule has 0 unspecified atom stereocenters. The Morgan fingerprint density at radius 2 is 2.04 bits per heavy atom. The lowest BCUT2D eigenvalue weighted by Gasteiger charge is -2.14. The smallest absolute Gasteiger partial charge is 0.265 e. The fourth-order valence-corrected chi connectivity index (χ4v) is 4.24. The average molecular weight is 475 g/mol. The highest BCUT2D eigenvalue weighted by atomic mass is 79.9. The molecule has 0 radical (unpaired) electrons. The van der Waals surface area contributed by atoms with Crippen molar-refractivity contribution in [2.75, 3.05) is 14.2 Å². The molecule has 0 N–H and O–H groups in total. The summed E-state index contributed by atoms with van der Waals surface area (Å²) in [7, 11) is 3.22. The number of halogens is 1. The van der Waals surface area contributed by atoms with Crippen LogP contribution in [-0.4, -0.2) is 29.3 Å². The van der Waals surface area contributed by atoms with Crippen molar-refractivity contribution < 1.29 is 14.3 Å². The highest BCUT2D eigenvalue weighted by Crippen LogP contribution is 2.39. The third-order valence-electron chi connectivity index (χ3n) is 4.00. The highest BCUT2D eigenvalue weighted by molar-refractivity contribution is 9.10. The molecule has 142 valence electrons. The predicted octanol–water partition coefficient (Wildman–Crippen LogP) is 4.74. The van der Waals surface area contributed by atoms with Crippen LogP contribution < -0.4 is 9.47 Å². The van der Waals surface area contributed by atoms with Gasteiger partial charge < -0.3 is 9.47 Å². The third kappa shape index (κ3) is 4.38. The summed E-state index contributed by atoms with van der Waals surface area (Å²) >= 11 is 9.95. The van der Waals surface area contributed by atoms with Gasteiger partial charge in [0.05, 0.1) is 28.1 Å². The third-order valence-corrected chi connectivity index (χ3v) is 6.08. The summed E-state index contributed by atoms with van der Waals surface area (Å²) < 4.78 is 12.6. The topological polar surface area (TPSA) is 62.6 Å². The van der Waals surface area contributed by atoms with Crippen molar-refractivity contribution in [2.45, 2.75) is 6.61 Å². The minimum atomic E-state index is -0.119. The number of likely N-dealkylation sites (N-methyl/N-ethyl adjacent to an activating group) is 1. The molecule has 3 rings (SSSR count). The first-order chi connectivity index (χ1) is 13.4. The molecule has 8 heteroatoms. The lowest BCUT2D eigenvalue weighted by atomic mass is 10.1. The minimum absolute atomic E-state index is 0.119. The van der Waals surface area contributed by atoms with Crippen LogP contribution in [0.3, 0.4) is 0 Å². The summed E-state index contributed by atoms with van der Waals surface area (Å²) in [5, 5.41) is 8.87. The zero-order chi connectivity index (χ0) is 20.3. The van der Waals surface area contributed by atoms with E-state index in [4.69, 9.17) is 27.0 Å². The van der Waals surface area contributed by atoms with Crippen LogP contribution in [0.5, 0.6) is 11.5 Å². The monoisotopic (exact) mass is 474 g/mol. The number of carbonyl (C=O) groups is 1. The molecule has 1 amide bonds. The number of carbonyl (C=O) groups excluding carboxylic acids is 1. The van der Waals surface area contributed by atoms with Gasteiger partial charge in [-0.15, -0.1) is 0 Å². The van der Waals surface area contributed by atoms with Crippen LogP contribution in [-0.2, 0) is 11.4 Å². The number of methoxy groups -OCH3 is 1. The number of thioether (sulfide) groups is 1. The minimum Gasteiger partial charge on any atom is -0.493 e. The van der Waals surface area contributed by atoms with E-state index in [1.54, 1.807) is 38.4 Å². The number of hydrogen-bond donors (Lipinski definition) is 0. The molecule has 5 nitrogen and oxygen atoms in total. The number of rotatable bonds is 5. The summed E-state index contributed by atoms with van der Waals surface area (Å²) in [5.74, 6) is 0.986. The molecule has 0 aliphatic carbocycles. The van der Waals surface area contributed by atoms with E-state index in [0.29, 0.717) is 37.4 Å². The maximum atomic E-state index is 12.2. The molecule has 1 saturated heterocycles. The zero-order valence-electron chi connectivity index (χ0n) is 15.1. The summed E-state index contributed by atoms with van der Waals surface area (Å²) in [6, 6.07) is 12.9. The summed E-state index contributed by atoms with van der Waals surface area (Å²) in [6.45, 7) is 0.328. The van der Waals surface area contributed by atoms with E-state index in [1.807, 2.05) is 18.2 Å². The number of thiocarbonyl (C=S) groups is 1. The van der Waals surface area contributed by atoms with Crippen molar-refractivity contribution in [3.8, 4) is 17.6 Å². The van der Waals surface area contributed by atoms with Gasteiger partial charge in [0.1, 0.15) is 10.9 Å². The van der Waals surface area contributed by atoms with Crippen molar-refractivity contribution in [1.82, 2.24) is 4.90 Å². The van der Waals surface area contributed by atoms with Crippen LogP contribution >= 0.6 is 39.9 Å². The number of nitriles is 1. The van der Waals surface area contributed by atoms with Gasteiger partial charge >= 0.3 is 0 Å². The Hall–Kier alpha value is -2.34. The van der Waals surface area contributed by atoms with Crippen LogP contribution in [0.1, 0.15) is 16.7 Å². The molecule has 0 aromatic heterocycles. The van der Waals surface area contributed by atoms with Crippen molar-refractivity contribution in [3.05, 3.63) is 62.5 Å². The van der Waals surface area contributed by atoms with Crippen LogP contribution in [0.2, 0.25) is 0 Å². The Morgan fingerprint density at radius 1 is 1.32 bits per heavy atom. The van der Waals surface area contributed by atoms with Crippen LogP contribution in [0, 0.1) is 11.3 Å². The molecular formula is C20H15BrN2O3S2. The van der Waals surface area contributed by atoms with E-state index < -0.39 is 0 Å². The molecule has 1 aliphatic rings. The van der Waals surface area contributed by atoms with E-state index in [-0.39, 0.29) is 5.91 Å². The Labute approximate surface area is 181 Å². The van der Waals surface area contributed by atoms with Gasteiger partial charge in [0.2, 0.25) is 0 Å². The van der Waals surface area contributed by atoms with E-state index in [0.717, 1.165) is 11.1 Å². The van der Waals surface area contributed by atoms with Gasteiger partial charge in [0.25, 0.3) is 5.91 Å². The Balaban J connectivity index is 1.82. The van der Waals surface area contributed by atoms with Gasteiger partial charge in [-0.05, 0) is 57.4 Å². The van der Waals surface area contributed by atoms with E-state index in [2.05, 4.69) is 22.0 Å². The lowest BCUT2D eigenvalue weighted by Crippen LogP contribution is -2.22. The van der Waals surface area contributed by atoms with E-state index in [1.165, 1.54) is 16.7 Å². The predicted molar refractivity (Wildman–Crippen MR) is 117 cm³/mol. The van der Waals surface area contributed by atoms with Gasteiger partial charge in [-0.1, -0.05) is 36.1 Å². The summed E-state index contributed by atoms with van der Waals surface area (Å²) in [5.41, 5.74) is 2.33. The first kappa shape index (κ1) is 20.4. The van der Waals surface area contributed by atoms with Crippen molar-refractivity contribution in [1.29, 1.82) is 5.26 Å². The molecule has 0 atom stereocenters. The quantitative estimate of drug-likeness (QED) is 0.460. The zero-order valence-corrected chi connectivity index (χ0v) is 18.3. The van der Waals surface area contributed by atoms with Gasteiger partial charge in [-0.2, -0.15) is 5.26 Å². The number of benzene rings is 2. The Bertz CT molecular complexity index is 1010. The second-order valence-corrected chi connectivity index (χ2v) is 8.40. The lowest BCUT2D eigenvalue weighted by molar-refractivity contribution is -0.121. The van der Waals surface area contributed by atoms with Crippen LogP contribution in [0.4, 0.5) is 0 Å². The Kier molecular flexibility index (Phi) is 6.39. The van der Waals surface area contributed by atoms with Crippen LogP contribution in [0.25, 0.3) is 6.08 Å². The fourth-order valence-electron chi connectivity index (χ4n) is 2.49. The van der Waals surface area contributed by atoms with Gasteiger partial charge in [0.15, 0.2) is 11.5 Å². The van der Waals surface area contributed by atoms with Gasteiger partial charge in [-0.25, -0.2) is 0 Å². The number of ether oxygens (including phenoxy) is 2. The molecule has 1 heterocycles. The number of nitrogens with zero attached hydrogens (tertiary/aromatic N) is 2.